The third kappa shape index (κ3) is 2.85. The largest absolute Gasteiger partial charge is 0.315 e. The molecule has 1 aliphatic heterocycles. The van der Waals surface area contributed by atoms with Crippen molar-refractivity contribution in [1.82, 2.24) is 10.2 Å². The summed E-state index contributed by atoms with van der Waals surface area (Å²) in [6.45, 7) is 7.51. The van der Waals surface area contributed by atoms with E-state index in [2.05, 4.69) is 31.1 Å². The summed E-state index contributed by atoms with van der Waals surface area (Å²) in [6.07, 6.45) is 10.00. The van der Waals surface area contributed by atoms with E-state index in [9.17, 15) is 0 Å². The molecule has 100 valence electrons. The molecule has 1 atom stereocenters. The first-order chi connectivity index (χ1) is 8.16. The van der Waals surface area contributed by atoms with Gasteiger partial charge in [-0.15, -0.1) is 0 Å². The lowest BCUT2D eigenvalue weighted by atomic mass is 9.75. The van der Waals surface area contributed by atoms with Crippen molar-refractivity contribution >= 4 is 0 Å². The van der Waals surface area contributed by atoms with E-state index in [1.807, 2.05) is 0 Å². The highest BCUT2D eigenvalue weighted by Crippen LogP contribution is 2.34. The normalized spacial score (nSPS) is 26.3. The van der Waals surface area contributed by atoms with E-state index in [-0.39, 0.29) is 0 Å². The highest BCUT2D eigenvalue weighted by atomic mass is 15.2. The third-order valence-corrected chi connectivity index (χ3v) is 5.11. The summed E-state index contributed by atoms with van der Waals surface area (Å²) in [4.78, 5) is 2.71. The van der Waals surface area contributed by atoms with E-state index in [0.717, 1.165) is 5.92 Å². The van der Waals surface area contributed by atoms with Crippen LogP contribution in [0.25, 0.3) is 0 Å². The first-order valence-corrected chi connectivity index (χ1v) is 7.58. The second kappa shape index (κ2) is 5.71. The Kier molecular flexibility index (Phi) is 4.48. The maximum atomic E-state index is 3.65. The van der Waals surface area contributed by atoms with Crippen LogP contribution in [0.15, 0.2) is 0 Å². The van der Waals surface area contributed by atoms with Crippen LogP contribution in [0.3, 0.4) is 0 Å². The molecule has 0 aromatic rings. The summed E-state index contributed by atoms with van der Waals surface area (Å²) in [5, 5.41) is 3.65. The van der Waals surface area contributed by atoms with Gasteiger partial charge in [-0.25, -0.2) is 0 Å². The second-order valence-corrected chi connectivity index (χ2v) is 6.51. The van der Waals surface area contributed by atoms with Crippen LogP contribution in [-0.2, 0) is 0 Å². The maximum absolute atomic E-state index is 3.65. The van der Waals surface area contributed by atoms with Gasteiger partial charge >= 0.3 is 0 Å². The molecule has 1 heterocycles. The third-order valence-electron chi connectivity index (χ3n) is 5.11. The zero-order valence-corrected chi connectivity index (χ0v) is 12.0. The van der Waals surface area contributed by atoms with Crippen LogP contribution >= 0.6 is 0 Å². The van der Waals surface area contributed by atoms with E-state index < -0.39 is 0 Å². The van der Waals surface area contributed by atoms with Gasteiger partial charge in [-0.2, -0.15) is 0 Å². The smallest absolute Gasteiger partial charge is 0.0308 e. The molecule has 0 radical (unpaired) electrons. The van der Waals surface area contributed by atoms with Crippen molar-refractivity contribution in [1.29, 1.82) is 0 Å². The number of rotatable bonds is 4. The highest BCUT2D eigenvalue weighted by molar-refractivity contribution is 4.98. The summed E-state index contributed by atoms with van der Waals surface area (Å²) < 4.78 is 0. The minimum Gasteiger partial charge on any atom is -0.315 e. The molecule has 1 saturated carbocycles. The molecule has 0 aromatic carbocycles. The van der Waals surface area contributed by atoms with E-state index in [1.165, 1.54) is 58.0 Å². The number of nitrogens with one attached hydrogen (secondary N) is 1. The van der Waals surface area contributed by atoms with Gasteiger partial charge in [0, 0.05) is 11.6 Å². The zero-order valence-electron chi connectivity index (χ0n) is 12.0. The van der Waals surface area contributed by atoms with E-state index >= 15 is 0 Å². The molecule has 2 fully saturated rings. The van der Waals surface area contributed by atoms with E-state index in [4.69, 9.17) is 0 Å². The monoisotopic (exact) mass is 238 g/mol. The molecule has 2 rings (SSSR count). The van der Waals surface area contributed by atoms with Crippen molar-refractivity contribution in [3.8, 4) is 0 Å². The Balaban J connectivity index is 2.04. The standard InChI is InChI=1S/C15H30N2/c1-15(2,17-11-7-8-12-17)14(16-3)13-9-5-4-6-10-13/h13-14,16H,4-12H2,1-3H3. The number of hydrogen-bond donors (Lipinski definition) is 1. The Morgan fingerprint density at radius 3 is 2.12 bits per heavy atom. The first-order valence-electron chi connectivity index (χ1n) is 7.58. The summed E-state index contributed by atoms with van der Waals surface area (Å²) in [7, 11) is 2.16. The lowest BCUT2D eigenvalue weighted by molar-refractivity contribution is 0.0694. The zero-order chi connectivity index (χ0) is 12.3. The van der Waals surface area contributed by atoms with Crippen LogP contribution in [0.1, 0.15) is 58.8 Å². The maximum Gasteiger partial charge on any atom is 0.0308 e. The van der Waals surface area contributed by atoms with Crippen molar-refractivity contribution in [3.63, 3.8) is 0 Å². The SMILES string of the molecule is CNC(C1CCCCC1)C(C)(C)N1CCCC1. The van der Waals surface area contributed by atoms with E-state index in [1.54, 1.807) is 0 Å². The highest BCUT2D eigenvalue weighted by Gasteiger charge is 2.40. The average Bonchev–Trinajstić information content (AvgIpc) is 2.85. The van der Waals surface area contributed by atoms with Crippen molar-refractivity contribution in [3.05, 3.63) is 0 Å². The lowest BCUT2D eigenvalue weighted by Gasteiger charge is -2.46. The van der Waals surface area contributed by atoms with Gasteiger partial charge in [-0.1, -0.05) is 19.3 Å². The van der Waals surface area contributed by atoms with Crippen LogP contribution in [-0.4, -0.2) is 36.6 Å². The van der Waals surface area contributed by atoms with Gasteiger partial charge in [0.25, 0.3) is 0 Å². The fraction of sp³-hybridized carbons (Fsp3) is 1.00. The van der Waals surface area contributed by atoms with Crippen LogP contribution < -0.4 is 5.32 Å². The number of likely N-dealkylation sites (tertiary alicyclic amines) is 1. The van der Waals surface area contributed by atoms with Crippen LogP contribution in [0.5, 0.6) is 0 Å². The minimum atomic E-state index is 0.327. The molecule has 0 aromatic heterocycles. The topological polar surface area (TPSA) is 15.3 Å². The average molecular weight is 238 g/mol. The summed E-state index contributed by atoms with van der Waals surface area (Å²) in [5.41, 5.74) is 0.327. The predicted octanol–water partition coefficient (Wildman–Crippen LogP) is 3.03. The summed E-state index contributed by atoms with van der Waals surface area (Å²) in [5.74, 6) is 0.893. The van der Waals surface area contributed by atoms with Crippen LogP contribution in [0.4, 0.5) is 0 Å². The number of hydrogen-bond acceptors (Lipinski definition) is 2. The molecule has 0 bridgehead atoms. The Labute approximate surface area is 107 Å². The Morgan fingerprint density at radius 2 is 1.59 bits per heavy atom. The molecule has 2 heteroatoms. The Morgan fingerprint density at radius 1 is 1.00 bits per heavy atom. The van der Waals surface area contributed by atoms with Crippen molar-refractivity contribution in [2.75, 3.05) is 20.1 Å². The molecule has 1 N–H and O–H groups in total. The molecule has 1 unspecified atom stereocenters. The van der Waals surface area contributed by atoms with Gasteiger partial charge in [0.05, 0.1) is 0 Å². The molecule has 17 heavy (non-hydrogen) atoms. The number of likely N-dealkylation sites (N-methyl/N-ethyl adjacent to an activating group) is 1. The summed E-state index contributed by atoms with van der Waals surface area (Å²) in [6, 6.07) is 0.667. The molecule has 0 amide bonds. The van der Waals surface area contributed by atoms with Crippen LogP contribution in [0, 0.1) is 5.92 Å². The predicted molar refractivity (Wildman–Crippen MR) is 74.3 cm³/mol. The Bertz CT molecular complexity index is 225. The molecular weight excluding hydrogens is 208 g/mol. The number of nitrogens with zero attached hydrogens (tertiary/aromatic N) is 1. The quantitative estimate of drug-likeness (QED) is 0.810. The second-order valence-electron chi connectivity index (χ2n) is 6.51. The van der Waals surface area contributed by atoms with E-state index in [0.29, 0.717) is 11.6 Å². The van der Waals surface area contributed by atoms with Gasteiger partial charge in [0.1, 0.15) is 0 Å². The van der Waals surface area contributed by atoms with Gasteiger partial charge in [-0.05, 0) is 65.6 Å². The molecule has 2 aliphatic rings. The molecular formula is C15H30N2. The van der Waals surface area contributed by atoms with Gasteiger partial charge in [-0.3, -0.25) is 4.90 Å². The molecule has 2 nitrogen and oxygen atoms in total. The first kappa shape index (κ1) is 13.4. The molecule has 0 spiro atoms. The fourth-order valence-corrected chi connectivity index (χ4v) is 4.12. The van der Waals surface area contributed by atoms with Crippen molar-refractivity contribution in [2.45, 2.75) is 70.4 Å². The molecule has 1 aliphatic carbocycles. The fourth-order valence-electron chi connectivity index (χ4n) is 4.12. The lowest BCUT2D eigenvalue weighted by Crippen LogP contribution is -2.59. The van der Waals surface area contributed by atoms with Crippen LogP contribution in [0.2, 0.25) is 0 Å². The Hall–Kier alpha value is -0.0800. The van der Waals surface area contributed by atoms with Gasteiger partial charge in [0.2, 0.25) is 0 Å². The van der Waals surface area contributed by atoms with Gasteiger partial charge < -0.3 is 5.32 Å². The molecule has 1 saturated heterocycles. The van der Waals surface area contributed by atoms with Crippen molar-refractivity contribution in [2.24, 2.45) is 5.92 Å². The van der Waals surface area contributed by atoms with Crippen molar-refractivity contribution < 1.29 is 0 Å². The summed E-state index contributed by atoms with van der Waals surface area (Å²) >= 11 is 0. The van der Waals surface area contributed by atoms with Gasteiger partial charge in [0.15, 0.2) is 0 Å². The minimum absolute atomic E-state index is 0.327.